The van der Waals surface area contributed by atoms with Crippen molar-refractivity contribution >= 4 is 21.9 Å². The first-order valence-electron chi connectivity index (χ1n) is 5.76. The zero-order chi connectivity index (χ0) is 13.1. The molecule has 0 aromatic rings. The van der Waals surface area contributed by atoms with Gasteiger partial charge in [-0.25, -0.2) is 0 Å². The quantitative estimate of drug-likeness (QED) is 0.549. The third-order valence-electron chi connectivity index (χ3n) is 3.04. The molecule has 0 aliphatic carbocycles. The molecular formula is C10H16O6S2. The Morgan fingerprint density at radius 1 is 1.28 bits per heavy atom. The molecule has 6 nitrogen and oxygen atoms in total. The summed E-state index contributed by atoms with van der Waals surface area (Å²) in [5.74, 6) is 0.188. The number of thioether (sulfide) groups is 1. The smallest absolute Gasteiger partial charge is 0.264 e. The van der Waals surface area contributed by atoms with Crippen LogP contribution in [0.2, 0.25) is 0 Å². The van der Waals surface area contributed by atoms with Gasteiger partial charge in [0, 0.05) is 11.0 Å². The molecule has 3 saturated heterocycles. The van der Waals surface area contributed by atoms with E-state index in [1.54, 1.807) is 25.6 Å². The van der Waals surface area contributed by atoms with Gasteiger partial charge >= 0.3 is 0 Å². The third-order valence-corrected chi connectivity index (χ3v) is 4.60. The van der Waals surface area contributed by atoms with Crippen LogP contribution in [0.25, 0.3) is 0 Å². The van der Waals surface area contributed by atoms with Crippen LogP contribution < -0.4 is 0 Å². The maximum absolute atomic E-state index is 11.3. The summed E-state index contributed by atoms with van der Waals surface area (Å²) >= 11 is 1.72. The van der Waals surface area contributed by atoms with Crippen molar-refractivity contribution in [2.24, 2.45) is 0 Å². The summed E-state index contributed by atoms with van der Waals surface area (Å²) in [7, 11) is -3.55. The normalized spacial score (nSPS) is 46.1. The summed E-state index contributed by atoms with van der Waals surface area (Å²) in [6, 6.07) is 0. The second-order valence-electron chi connectivity index (χ2n) is 5.21. The van der Waals surface area contributed by atoms with Crippen LogP contribution in [-0.4, -0.2) is 56.1 Å². The van der Waals surface area contributed by atoms with Crippen molar-refractivity contribution in [1.82, 2.24) is 0 Å². The fourth-order valence-electron chi connectivity index (χ4n) is 2.36. The summed E-state index contributed by atoms with van der Waals surface area (Å²) in [6.45, 7) is 3.54. The minimum absolute atomic E-state index is 0.276. The summed E-state index contributed by atoms with van der Waals surface area (Å²) < 4.78 is 44.9. The van der Waals surface area contributed by atoms with Gasteiger partial charge in [0.1, 0.15) is 18.3 Å². The average molecular weight is 296 g/mol. The minimum Gasteiger partial charge on any atom is -0.342 e. The van der Waals surface area contributed by atoms with Crippen LogP contribution in [0.4, 0.5) is 0 Å². The number of rotatable bonds is 3. The maximum Gasteiger partial charge on any atom is 0.264 e. The molecule has 0 unspecified atom stereocenters. The van der Waals surface area contributed by atoms with E-state index in [1.165, 1.54) is 0 Å². The second kappa shape index (κ2) is 4.07. The van der Waals surface area contributed by atoms with E-state index in [0.717, 1.165) is 12.0 Å². The molecule has 8 heteroatoms. The standard InChI is InChI=1S/C10H16O6S2/c1-10(2)14-8-7(16-18(3,11)12)6(5-4-17-5)13-9(8)15-10/h5-9H,4H2,1-3H3/t5-,6+,7+,8-,9-/m1/s1. The van der Waals surface area contributed by atoms with E-state index in [2.05, 4.69) is 0 Å². The lowest BCUT2D eigenvalue weighted by Gasteiger charge is -2.24. The Hall–Kier alpha value is 0.140. The van der Waals surface area contributed by atoms with Gasteiger partial charge in [-0.3, -0.25) is 4.18 Å². The van der Waals surface area contributed by atoms with E-state index in [1.807, 2.05) is 0 Å². The predicted molar refractivity (Wildman–Crippen MR) is 64.7 cm³/mol. The molecular weight excluding hydrogens is 280 g/mol. The van der Waals surface area contributed by atoms with Gasteiger partial charge in [-0.05, 0) is 13.8 Å². The van der Waals surface area contributed by atoms with Crippen LogP contribution >= 0.6 is 11.8 Å². The highest BCUT2D eigenvalue weighted by Crippen LogP contribution is 2.46. The second-order valence-corrected chi connectivity index (χ2v) is 8.08. The zero-order valence-electron chi connectivity index (χ0n) is 10.4. The van der Waals surface area contributed by atoms with Gasteiger partial charge < -0.3 is 14.2 Å². The molecule has 3 aliphatic heterocycles. The van der Waals surface area contributed by atoms with Gasteiger partial charge in [0.25, 0.3) is 10.1 Å². The topological polar surface area (TPSA) is 71.1 Å². The Kier molecular flexibility index (Phi) is 2.97. The number of fused-ring (bicyclic) bond motifs is 1. The molecule has 0 spiro atoms. The van der Waals surface area contributed by atoms with Crippen LogP contribution in [0.5, 0.6) is 0 Å². The SMILES string of the molecule is CC1(C)O[C@H]2O[C@@H]([C@H]3CS3)[C@H](OS(C)(=O)=O)[C@H]2O1. The first-order valence-corrected chi connectivity index (χ1v) is 8.63. The van der Waals surface area contributed by atoms with Crippen LogP contribution in [-0.2, 0) is 28.5 Å². The molecule has 0 bridgehead atoms. The monoisotopic (exact) mass is 296 g/mol. The molecule has 3 heterocycles. The van der Waals surface area contributed by atoms with E-state index in [0.29, 0.717) is 0 Å². The summed E-state index contributed by atoms with van der Waals surface area (Å²) in [6.07, 6.45) is -0.889. The lowest BCUT2D eigenvalue weighted by Crippen LogP contribution is -2.40. The number of hydrogen-bond donors (Lipinski definition) is 0. The van der Waals surface area contributed by atoms with Crippen molar-refractivity contribution in [3.63, 3.8) is 0 Å². The average Bonchev–Trinajstić information content (AvgIpc) is 2.90. The van der Waals surface area contributed by atoms with Crippen LogP contribution in [0, 0.1) is 0 Å². The molecule has 5 atom stereocenters. The van der Waals surface area contributed by atoms with E-state index in [9.17, 15) is 8.42 Å². The van der Waals surface area contributed by atoms with Crippen LogP contribution in [0.1, 0.15) is 13.8 Å². The minimum atomic E-state index is -3.55. The summed E-state index contributed by atoms with van der Waals surface area (Å²) in [5, 5.41) is 0.276. The largest absolute Gasteiger partial charge is 0.342 e. The predicted octanol–water partition coefficient (Wildman–Crippen LogP) is 0.323. The lowest BCUT2D eigenvalue weighted by atomic mass is 10.1. The highest BCUT2D eigenvalue weighted by molar-refractivity contribution is 8.07. The highest BCUT2D eigenvalue weighted by Gasteiger charge is 2.59. The van der Waals surface area contributed by atoms with Crippen molar-refractivity contribution in [2.75, 3.05) is 12.0 Å². The van der Waals surface area contributed by atoms with Gasteiger partial charge in [0.05, 0.1) is 6.26 Å². The van der Waals surface area contributed by atoms with Crippen molar-refractivity contribution in [3.8, 4) is 0 Å². The van der Waals surface area contributed by atoms with E-state index < -0.39 is 34.4 Å². The van der Waals surface area contributed by atoms with Crippen molar-refractivity contribution in [1.29, 1.82) is 0 Å². The first kappa shape index (κ1) is 13.1. The highest BCUT2D eigenvalue weighted by atomic mass is 32.2. The molecule has 0 aromatic heterocycles. The first-order chi connectivity index (χ1) is 8.25. The molecule has 3 rings (SSSR count). The molecule has 0 N–H and O–H groups in total. The van der Waals surface area contributed by atoms with Gasteiger partial charge in [-0.2, -0.15) is 20.2 Å². The molecule has 3 aliphatic rings. The lowest BCUT2D eigenvalue weighted by molar-refractivity contribution is -0.211. The van der Waals surface area contributed by atoms with Crippen LogP contribution in [0.3, 0.4) is 0 Å². The Morgan fingerprint density at radius 3 is 2.50 bits per heavy atom. The summed E-state index contributed by atoms with van der Waals surface area (Å²) in [5.41, 5.74) is 0. The molecule has 0 saturated carbocycles. The fourth-order valence-corrected chi connectivity index (χ4v) is 3.69. The zero-order valence-corrected chi connectivity index (χ0v) is 12.0. The molecule has 18 heavy (non-hydrogen) atoms. The Labute approximate surface area is 110 Å². The van der Waals surface area contributed by atoms with Crippen molar-refractivity contribution < 1.29 is 26.8 Å². The summed E-state index contributed by atoms with van der Waals surface area (Å²) in [4.78, 5) is 0. The Morgan fingerprint density at radius 2 is 1.94 bits per heavy atom. The van der Waals surface area contributed by atoms with Crippen molar-refractivity contribution in [2.45, 2.75) is 49.5 Å². The molecule has 3 fully saturated rings. The number of hydrogen-bond acceptors (Lipinski definition) is 7. The Bertz CT molecular complexity index is 443. The van der Waals surface area contributed by atoms with Gasteiger partial charge in [0.2, 0.25) is 0 Å². The van der Waals surface area contributed by atoms with Gasteiger partial charge in [0.15, 0.2) is 12.1 Å². The molecule has 0 aromatic carbocycles. The van der Waals surface area contributed by atoms with E-state index >= 15 is 0 Å². The van der Waals surface area contributed by atoms with Crippen LogP contribution in [0.15, 0.2) is 0 Å². The Balaban J connectivity index is 1.81. The van der Waals surface area contributed by atoms with Gasteiger partial charge in [-0.1, -0.05) is 0 Å². The number of ether oxygens (including phenoxy) is 3. The fraction of sp³-hybridized carbons (Fsp3) is 1.00. The molecule has 0 amide bonds. The maximum atomic E-state index is 11.3. The van der Waals surface area contributed by atoms with E-state index in [-0.39, 0.29) is 11.4 Å². The van der Waals surface area contributed by atoms with Gasteiger partial charge in [-0.15, -0.1) is 0 Å². The van der Waals surface area contributed by atoms with Crippen molar-refractivity contribution in [3.05, 3.63) is 0 Å². The molecule has 0 radical (unpaired) electrons. The third kappa shape index (κ3) is 2.54. The van der Waals surface area contributed by atoms with E-state index in [4.69, 9.17) is 18.4 Å². The molecule has 104 valence electrons.